The zero-order chi connectivity index (χ0) is 33.5. The maximum Gasteiger partial charge on any atom is 0.510 e. The van der Waals surface area contributed by atoms with Gasteiger partial charge < -0.3 is 33.2 Å². The van der Waals surface area contributed by atoms with E-state index in [9.17, 15) is 4.79 Å². The predicted octanol–water partition coefficient (Wildman–Crippen LogP) is 8.17. The highest BCUT2D eigenvalue weighted by Crippen LogP contribution is 2.32. The molecule has 0 amide bonds. The van der Waals surface area contributed by atoms with Crippen molar-refractivity contribution in [1.29, 1.82) is 0 Å². The molecule has 4 aromatic rings. The van der Waals surface area contributed by atoms with Crippen LogP contribution in [0.1, 0.15) is 54.4 Å². The molecular weight excluding hydrogens is 620 g/mol. The van der Waals surface area contributed by atoms with E-state index < -0.39 is 36.9 Å². The zero-order valence-corrected chi connectivity index (χ0v) is 27.8. The average molecular weight is 667 g/mol. The van der Waals surface area contributed by atoms with Gasteiger partial charge in [-0.3, -0.25) is 0 Å². The van der Waals surface area contributed by atoms with Crippen LogP contribution >= 0.6 is 0 Å². The SMILES string of the molecule is O=C(OC1CCCCC1)OC1O[C@H](COCc2ccccc2)[C@@H](OCc2ccccc2)[C@H](OCc2ccccc2)[C@H]1OCc1ccccc1. The second kappa shape index (κ2) is 18.6. The van der Waals surface area contributed by atoms with Gasteiger partial charge in [0.1, 0.15) is 30.5 Å². The van der Waals surface area contributed by atoms with Crippen LogP contribution in [0.4, 0.5) is 4.79 Å². The second-order valence-corrected chi connectivity index (χ2v) is 12.6. The van der Waals surface area contributed by atoms with Crippen molar-refractivity contribution in [3.63, 3.8) is 0 Å². The summed E-state index contributed by atoms with van der Waals surface area (Å²) < 4.78 is 44.5. The van der Waals surface area contributed by atoms with E-state index in [2.05, 4.69) is 0 Å². The van der Waals surface area contributed by atoms with Gasteiger partial charge in [0.05, 0.1) is 33.0 Å². The Morgan fingerprint density at radius 3 is 1.49 bits per heavy atom. The summed E-state index contributed by atoms with van der Waals surface area (Å²) in [6, 6.07) is 39.7. The summed E-state index contributed by atoms with van der Waals surface area (Å²) in [7, 11) is 0. The molecule has 0 N–H and O–H groups in total. The molecule has 6 rings (SSSR count). The zero-order valence-electron chi connectivity index (χ0n) is 27.8. The summed E-state index contributed by atoms with van der Waals surface area (Å²) in [5.74, 6) is 0. The second-order valence-electron chi connectivity index (χ2n) is 12.6. The van der Waals surface area contributed by atoms with E-state index in [0.717, 1.165) is 54.4 Å². The predicted molar refractivity (Wildman–Crippen MR) is 184 cm³/mol. The monoisotopic (exact) mass is 666 g/mol. The van der Waals surface area contributed by atoms with Crippen molar-refractivity contribution in [2.45, 2.75) is 95.3 Å². The van der Waals surface area contributed by atoms with Gasteiger partial charge in [-0.2, -0.15) is 0 Å². The molecule has 5 atom stereocenters. The van der Waals surface area contributed by atoms with E-state index in [-0.39, 0.29) is 19.3 Å². The summed E-state index contributed by atoms with van der Waals surface area (Å²) in [4.78, 5) is 13.3. The standard InChI is InChI=1S/C41H46O8/c42-41(47-35-24-14-5-15-25-35)49-40-39(46-29-34-22-12-4-13-23-34)38(45-28-33-20-10-3-11-21-33)37(44-27-32-18-8-2-9-19-32)36(48-40)30-43-26-31-16-6-1-7-17-31/h1-4,6-13,16-23,35-40H,5,14-15,24-30H2/t36-,37-,38+,39-,40?/m1/s1. The summed E-state index contributed by atoms with van der Waals surface area (Å²) in [6.45, 7) is 1.40. The summed E-state index contributed by atoms with van der Waals surface area (Å²) >= 11 is 0. The van der Waals surface area contributed by atoms with Gasteiger partial charge in [0.25, 0.3) is 0 Å². The molecule has 258 valence electrons. The normalized spacial score (nSPS) is 22.7. The topological polar surface area (TPSA) is 81.7 Å². The smallest absolute Gasteiger partial charge is 0.431 e. The van der Waals surface area contributed by atoms with Gasteiger partial charge in [0.15, 0.2) is 0 Å². The van der Waals surface area contributed by atoms with E-state index in [0.29, 0.717) is 19.8 Å². The molecule has 1 saturated heterocycles. The molecular formula is C41H46O8. The summed E-state index contributed by atoms with van der Waals surface area (Å²) in [5.41, 5.74) is 3.99. The van der Waals surface area contributed by atoms with Gasteiger partial charge >= 0.3 is 6.16 Å². The first-order valence-corrected chi connectivity index (χ1v) is 17.3. The minimum atomic E-state index is -1.14. The molecule has 8 heteroatoms. The van der Waals surface area contributed by atoms with Crippen molar-refractivity contribution < 1.29 is 38.0 Å². The van der Waals surface area contributed by atoms with Gasteiger partial charge in [0, 0.05) is 0 Å². The Morgan fingerprint density at radius 1 is 0.531 bits per heavy atom. The number of rotatable bonds is 15. The van der Waals surface area contributed by atoms with Gasteiger partial charge in [-0.15, -0.1) is 0 Å². The molecule has 49 heavy (non-hydrogen) atoms. The Hall–Kier alpha value is -4.05. The lowest BCUT2D eigenvalue weighted by atomic mass is 9.97. The number of benzene rings is 4. The van der Waals surface area contributed by atoms with Gasteiger partial charge in [0.2, 0.25) is 6.29 Å². The first-order valence-electron chi connectivity index (χ1n) is 17.3. The van der Waals surface area contributed by atoms with E-state index in [1.165, 1.54) is 0 Å². The molecule has 1 heterocycles. The average Bonchev–Trinajstić information content (AvgIpc) is 3.15. The minimum absolute atomic E-state index is 0.169. The minimum Gasteiger partial charge on any atom is -0.431 e. The van der Waals surface area contributed by atoms with Crippen LogP contribution in [0.15, 0.2) is 121 Å². The molecule has 1 unspecified atom stereocenters. The molecule has 1 aliphatic carbocycles. The van der Waals surface area contributed by atoms with E-state index in [4.69, 9.17) is 33.2 Å². The first kappa shape index (κ1) is 34.8. The lowest BCUT2D eigenvalue weighted by Gasteiger charge is -2.45. The number of ether oxygens (including phenoxy) is 7. The lowest BCUT2D eigenvalue weighted by molar-refractivity contribution is -0.319. The van der Waals surface area contributed by atoms with Crippen LogP contribution in [0, 0.1) is 0 Å². The van der Waals surface area contributed by atoms with Crippen LogP contribution in [0.5, 0.6) is 0 Å². The molecule has 1 aliphatic heterocycles. The molecule has 0 spiro atoms. The van der Waals surface area contributed by atoms with Gasteiger partial charge in [-0.25, -0.2) is 4.79 Å². The third-order valence-electron chi connectivity index (χ3n) is 8.87. The van der Waals surface area contributed by atoms with Crippen molar-refractivity contribution >= 4 is 6.16 Å². The van der Waals surface area contributed by atoms with Crippen molar-refractivity contribution in [2.75, 3.05) is 6.61 Å². The summed E-state index contributed by atoms with van der Waals surface area (Å²) in [5, 5.41) is 0. The first-order chi connectivity index (χ1) is 24.2. The molecule has 2 fully saturated rings. The number of carbonyl (C=O) groups is 1. The van der Waals surface area contributed by atoms with Gasteiger partial charge in [-0.1, -0.05) is 128 Å². The van der Waals surface area contributed by atoms with Crippen molar-refractivity contribution in [3.05, 3.63) is 144 Å². The molecule has 1 saturated carbocycles. The quantitative estimate of drug-likeness (QED) is 0.118. The lowest BCUT2D eigenvalue weighted by Crippen LogP contribution is -2.62. The van der Waals surface area contributed by atoms with Crippen molar-refractivity contribution in [2.24, 2.45) is 0 Å². The highest BCUT2D eigenvalue weighted by Gasteiger charge is 2.50. The Balaban J connectivity index is 1.28. The third kappa shape index (κ3) is 10.7. The molecule has 2 aliphatic rings. The van der Waals surface area contributed by atoms with Crippen LogP contribution in [0.25, 0.3) is 0 Å². The molecule has 0 bridgehead atoms. The van der Waals surface area contributed by atoms with Crippen LogP contribution < -0.4 is 0 Å². The Kier molecular flexibility index (Phi) is 13.2. The van der Waals surface area contributed by atoms with Crippen molar-refractivity contribution in [1.82, 2.24) is 0 Å². The molecule has 8 nitrogen and oxygen atoms in total. The third-order valence-corrected chi connectivity index (χ3v) is 8.87. The fourth-order valence-corrected chi connectivity index (χ4v) is 6.28. The maximum absolute atomic E-state index is 13.3. The molecule has 4 aromatic carbocycles. The van der Waals surface area contributed by atoms with Crippen LogP contribution in [-0.4, -0.2) is 49.6 Å². The number of hydrogen-bond acceptors (Lipinski definition) is 8. The number of hydrogen-bond donors (Lipinski definition) is 0. The summed E-state index contributed by atoms with van der Waals surface area (Å²) in [6.07, 6.45) is -0.0705. The number of carbonyl (C=O) groups excluding carboxylic acids is 1. The van der Waals surface area contributed by atoms with Crippen LogP contribution in [0.3, 0.4) is 0 Å². The Morgan fingerprint density at radius 2 is 0.980 bits per heavy atom. The molecule has 0 radical (unpaired) electrons. The van der Waals surface area contributed by atoms with Crippen LogP contribution in [-0.2, 0) is 59.6 Å². The Bertz CT molecular complexity index is 1500. The molecule has 0 aromatic heterocycles. The van der Waals surface area contributed by atoms with Crippen molar-refractivity contribution in [3.8, 4) is 0 Å². The highest BCUT2D eigenvalue weighted by molar-refractivity contribution is 5.60. The van der Waals surface area contributed by atoms with Gasteiger partial charge in [-0.05, 0) is 47.9 Å². The Labute approximate surface area is 289 Å². The van der Waals surface area contributed by atoms with E-state index >= 15 is 0 Å². The maximum atomic E-state index is 13.3. The van der Waals surface area contributed by atoms with Crippen LogP contribution in [0.2, 0.25) is 0 Å². The van der Waals surface area contributed by atoms with E-state index in [1.807, 2.05) is 121 Å². The highest BCUT2D eigenvalue weighted by atomic mass is 16.8. The van der Waals surface area contributed by atoms with E-state index in [1.54, 1.807) is 0 Å². The fraction of sp³-hybridized carbons (Fsp3) is 0.390. The fourth-order valence-electron chi connectivity index (χ4n) is 6.28. The largest absolute Gasteiger partial charge is 0.510 e.